The molecular weight excluding hydrogens is 418 g/mol. The monoisotopic (exact) mass is 437 g/mol. The summed E-state index contributed by atoms with van der Waals surface area (Å²) >= 11 is 7.34. The highest BCUT2D eigenvalue weighted by atomic mass is 35.5. The van der Waals surface area contributed by atoms with E-state index in [2.05, 4.69) is 19.9 Å². The molecule has 7 nitrogen and oxygen atoms in total. The molecule has 0 bridgehead atoms. The molecule has 0 aliphatic heterocycles. The first-order chi connectivity index (χ1) is 13.4. The molecule has 0 fully saturated rings. The van der Waals surface area contributed by atoms with Crippen LogP contribution >= 0.6 is 23.4 Å². The second-order valence-corrected chi connectivity index (χ2v) is 8.87. The molecule has 2 aromatic heterocycles. The van der Waals surface area contributed by atoms with Crippen LogP contribution in [0.5, 0.6) is 0 Å². The Morgan fingerprint density at radius 1 is 1.18 bits per heavy atom. The largest absolute Gasteiger partial charge is 0.305 e. The van der Waals surface area contributed by atoms with Crippen LogP contribution in [0.25, 0.3) is 0 Å². The molecule has 0 radical (unpaired) electrons. The molecule has 10 heteroatoms. The summed E-state index contributed by atoms with van der Waals surface area (Å²) in [6.45, 7) is 2.60. The van der Waals surface area contributed by atoms with E-state index in [4.69, 9.17) is 11.6 Å². The van der Waals surface area contributed by atoms with Gasteiger partial charge in [-0.05, 0) is 49.6 Å². The number of thioether (sulfide) groups is 1. The lowest BCUT2D eigenvalue weighted by Gasteiger charge is -2.19. The lowest BCUT2D eigenvalue weighted by atomic mass is 10.1. The zero-order valence-electron chi connectivity index (χ0n) is 15.4. The van der Waals surface area contributed by atoms with E-state index in [1.807, 2.05) is 35.9 Å². The minimum absolute atomic E-state index is 0.135. The zero-order valence-corrected chi connectivity index (χ0v) is 17.8. The highest BCUT2D eigenvalue weighted by molar-refractivity contribution is 7.98. The lowest BCUT2D eigenvalue weighted by molar-refractivity contribution is 0.515. The summed E-state index contributed by atoms with van der Waals surface area (Å²) < 4.78 is 30.6. The molecule has 0 amide bonds. The number of sulfonamides is 1. The third kappa shape index (κ3) is 4.72. The quantitative estimate of drug-likeness (QED) is 0.543. The molecule has 0 saturated heterocycles. The van der Waals surface area contributed by atoms with Gasteiger partial charge < -0.3 is 4.57 Å². The summed E-state index contributed by atoms with van der Waals surface area (Å²) in [5.41, 5.74) is 0.752. The first kappa shape index (κ1) is 20.8. The summed E-state index contributed by atoms with van der Waals surface area (Å²) in [5, 5.41) is 9.65. The molecule has 1 atom stereocenters. The van der Waals surface area contributed by atoms with Crippen LogP contribution in [0.4, 0.5) is 0 Å². The number of hydrogen-bond acceptors (Lipinski definition) is 6. The molecule has 2 heterocycles. The van der Waals surface area contributed by atoms with Crippen LogP contribution in [0.15, 0.2) is 58.7 Å². The minimum atomic E-state index is -3.79. The van der Waals surface area contributed by atoms with E-state index in [1.54, 1.807) is 18.3 Å². The average molecular weight is 438 g/mol. The second-order valence-electron chi connectivity index (χ2n) is 5.94. The van der Waals surface area contributed by atoms with Crippen molar-refractivity contribution >= 4 is 33.4 Å². The Morgan fingerprint density at radius 3 is 2.54 bits per heavy atom. The van der Waals surface area contributed by atoms with Crippen molar-refractivity contribution in [2.45, 2.75) is 36.0 Å². The van der Waals surface area contributed by atoms with Crippen molar-refractivity contribution < 1.29 is 8.42 Å². The maximum Gasteiger partial charge on any atom is 0.241 e. The molecule has 1 N–H and O–H groups in total. The predicted molar refractivity (Wildman–Crippen MR) is 110 cm³/mol. The third-order valence-corrected chi connectivity index (χ3v) is 6.52. The van der Waals surface area contributed by atoms with Gasteiger partial charge in [0.25, 0.3) is 0 Å². The Kier molecular flexibility index (Phi) is 6.71. The number of rotatable bonds is 8. The van der Waals surface area contributed by atoms with Crippen molar-refractivity contribution in [3.05, 3.63) is 65.2 Å². The minimum Gasteiger partial charge on any atom is -0.305 e. The van der Waals surface area contributed by atoms with Gasteiger partial charge in [-0.1, -0.05) is 29.4 Å². The summed E-state index contributed by atoms with van der Waals surface area (Å²) in [6.07, 6.45) is 3.93. The number of halogens is 1. The normalized spacial score (nSPS) is 12.8. The van der Waals surface area contributed by atoms with Gasteiger partial charge in [0, 0.05) is 29.9 Å². The number of nitrogens with zero attached hydrogens (tertiary/aromatic N) is 4. The van der Waals surface area contributed by atoms with E-state index < -0.39 is 16.1 Å². The maximum absolute atomic E-state index is 13.0. The predicted octanol–water partition coefficient (Wildman–Crippen LogP) is 3.33. The van der Waals surface area contributed by atoms with E-state index in [1.165, 1.54) is 23.9 Å². The van der Waals surface area contributed by atoms with Gasteiger partial charge in [0.05, 0.1) is 10.9 Å². The van der Waals surface area contributed by atoms with Crippen LogP contribution in [0.2, 0.25) is 5.02 Å². The van der Waals surface area contributed by atoms with Gasteiger partial charge in [-0.2, -0.15) is 0 Å². The molecule has 1 unspecified atom stereocenters. The molecule has 0 aliphatic rings. The number of nitrogens with one attached hydrogen (secondary N) is 1. The Bertz CT molecular complexity index is 1020. The van der Waals surface area contributed by atoms with Gasteiger partial charge >= 0.3 is 0 Å². The Balaban J connectivity index is 1.99. The number of aromatic nitrogens is 4. The van der Waals surface area contributed by atoms with Gasteiger partial charge in [0.2, 0.25) is 10.0 Å². The summed E-state index contributed by atoms with van der Waals surface area (Å²) in [6, 6.07) is 11.0. The van der Waals surface area contributed by atoms with Gasteiger partial charge in [-0.3, -0.25) is 4.98 Å². The van der Waals surface area contributed by atoms with Crippen molar-refractivity contribution in [2.75, 3.05) is 6.26 Å². The van der Waals surface area contributed by atoms with Crippen molar-refractivity contribution in [3.8, 4) is 0 Å². The average Bonchev–Trinajstić information content (AvgIpc) is 3.11. The maximum atomic E-state index is 13.0. The van der Waals surface area contributed by atoms with E-state index >= 15 is 0 Å². The smallest absolute Gasteiger partial charge is 0.241 e. The van der Waals surface area contributed by atoms with E-state index in [9.17, 15) is 8.42 Å². The summed E-state index contributed by atoms with van der Waals surface area (Å²) in [7, 11) is -3.79. The molecule has 1 aromatic carbocycles. The molecule has 0 aliphatic carbocycles. The number of pyridine rings is 1. The van der Waals surface area contributed by atoms with Crippen molar-refractivity contribution in [1.82, 2.24) is 24.5 Å². The zero-order chi connectivity index (χ0) is 20.1. The Hall–Kier alpha value is -1.94. The standard InChI is InChI=1S/C18H20ClN5O2S2/c1-3-24-17(21-22-18(24)27-2)16(12-14-6-4-5-11-20-14)23-28(25,26)15-9-7-13(19)8-10-15/h4-11,16,23H,3,12H2,1-2H3. The molecule has 0 saturated carbocycles. The second kappa shape index (κ2) is 9.04. The SMILES string of the molecule is CCn1c(SC)nnc1C(Cc1ccccn1)NS(=O)(=O)c1ccc(Cl)cc1. The highest BCUT2D eigenvalue weighted by Crippen LogP contribution is 2.24. The molecule has 3 rings (SSSR count). The lowest BCUT2D eigenvalue weighted by Crippen LogP contribution is -2.32. The molecule has 148 valence electrons. The van der Waals surface area contributed by atoms with Crippen LogP contribution in [0.1, 0.15) is 24.5 Å². The van der Waals surface area contributed by atoms with Crippen molar-refractivity contribution in [2.24, 2.45) is 0 Å². The molecule has 0 spiro atoms. The van der Waals surface area contributed by atoms with E-state index in [0.29, 0.717) is 23.8 Å². The van der Waals surface area contributed by atoms with Crippen molar-refractivity contribution in [1.29, 1.82) is 0 Å². The summed E-state index contributed by atoms with van der Waals surface area (Å²) in [4.78, 5) is 4.46. The fourth-order valence-corrected chi connectivity index (χ4v) is 4.67. The topological polar surface area (TPSA) is 89.8 Å². The fourth-order valence-electron chi connectivity index (χ4n) is 2.79. The fraction of sp³-hybridized carbons (Fsp3) is 0.278. The Labute approximate surface area is 173 Å². The van der Waals surface area contributed by atoms with Gasteiger partial charge in [0.15, 0.2) is 11.0 Å². The molecular formula is C18H20ClN5O2S2. The third-order valence-electron chi connectivity index (χ3n) is 4.12. The van der Waals surface area contributed by atoms with Crippen LogP contribution in [-0.4, -0.2) is 34.4 Å². The number of benzene rings is 1. The Morgan fingerprint density at radius 2 is 1.93 bits per heavy atom. The van der Waals surface area contributed by atoms with Gasteiger partial charge in [-0.15, -0.1) is 10.2 Å². The number of hydrogen-bond donors (Lipinski definition) is 1. The van der Waals surface area contributed by atoms with E-state index in [-0.39, 0.29) is 4.90 Å². The van der Waals surface area contributed by atoms with Crippen LogP contribution in [-0.2, 0) is 23.0 Å². The summed E-state index contributed by atoms with van der Waals surface area (Å²) in [5.74, 6) is 0.551. The van der Waals surface area contributed by atoms with Crippen molar-refractivity contribution in [3.63, 3.8) is 0 Å². The van der Waals surface area contributed by atoms with Gasteiger partial charge in [0.1, 0.15) is 0 Å². The van der Waals surface area contributed by atoms with E-state index in [0.717, 1.165) is 10.9 Å². The van der Waals surface area contributed by atoms with Crippen LogP contribution in [0, 0.1) is 0 Å². The molecule has 28 heavy (non-hydrogen) atoms. The van der Waals surface area contributed by atoms with Gasteiger partial charge in [-0.25, -0.2) is 13.1 Å². The van der Waals surface area contributed by atoms with Crippen LogP contribution < -0.4 is 4.72 Å². The molecule has 3 aromatic rings. The highest BCUT2D eigenvalue weighted by Gasteiger charge is 2.27. The van der Waals surface area contributed by atoms with Crippen LogP contribution in [0.3, 0.4) is 0 Å². The first-order valence-corrected chi connectivity index (χ1v) is 11.7. The first-order valence-electron chi connectivity index (χ1n) is 8.59.